The molecule has 4 rings (SSSR count). The van der Waals surface area contributed by atoms with Gasteiger partial charge in [-0.3, -0.25) is 4.90 Å². The number of sulfonamides is 1. The fourth-order valence-electron chi connectivity index (χ4n) is 4.45. The van der Waals surface area contributed by atoms with Gasteiger partial charge in [-0.15, -0.1) is 0 Å². The van der Waals surface area contributed by atoms with Crippen LogP contribution in [0.15, 0.2) is 53.4 Å². The molecule has 2 heterocycles. The van der Waals surface area contributed by atoms with Crippen LogP contribution in [0.2, 0.25) is 5.02 Å². The number of hydrogen-bond acceptors (Lipinski definition) is 4. The van der Waals surface area contributed by atoms with Crippen LogP contribution in [0.5, 0.6) is 5.75 Å². The summed E-state index contributed by atoms with van der Waals surface area (Å²) < 4.78 is 35.2. The highest BCUT2D eigenvalue weighted by Gasteiger charge is 2.43. The zero-order valence-corrected chi connectivity index (χ0v) is 19.1. The van der Waals surface area contributed by atoms with Gasteiger partial charge in [0.15, 0.2) is 0 Å². The standard InChI is InChI=1S/C23H29ClN2O3S/c1-17(2)15-26-20-10-12-25(16-18-6-5-7-19(24)14-18)13-11-21(20)29-22-8-3-4-9-23(22)30(26,27)28/h3-9,14,17,20-21H,10-13,15-16H2,1-2H3/t20-,21-/m1/s1. The number of likely N-dealkylation sites (tertiary alicyclic amines) is 1. The summed E-state index contributed by atoms with van der Waals surface area (Å²) in [5.41, 5.74) is 1.17. The van der Waals surface area contributed by atoms with E-state index < -0.39 is 10.0 Å². The first-order valence-electron chi connectivity index (χ1n) is 10.6. The van der Waals surface area contributed by atoms with E-state index >= 15 is 0 Å². The lowest BCUT2D eigenvalue weighted by Crippen LogP contribution is -2.48. The van der Waals surface area contributed by atoms with Crippen molar-refractivity contribution in [3.63, 3.8) is 0 Å². The van der Waals surface area contributed by atoms with Gasteiger partial charge in [-0.2, -0.15) is 4.31 Å². The zero-order chi connectivity index (χ0) is 21.3. The van der Waals surface area contributed by atoms with Gasteiger partial charge in [-0.1, -0.05) is 49.7 Å². The Balaban J connectivity index is 1.62. The molecule has 162 valence electrons. The molecule has 5 nitrogen and oxygen atoms in total. The minimum atomic E-state index is -3.61. The molecule has 0 saturated carbocycles. The van der Waals surface area contributed by atoms with E-state index in [0.717, 1.165) is 37.5 Å². The summed E-state index contributed by atoms with van der Waals surface area (Å²) in [7, 11) is -3.61. The molecular formula is C23H29ClN2O3S. The predicted molar refractivity (Wildman–Crippen MR) is 119 cm³/mol. The second kappa shape index (κ2) is 8.87. The summed E-state index contributed by atoms with van der Waals surface area (Å²) in [6, 6.07) is 14.8. The van der Waals surface area contributed by atoms with Crippen molar-refractivity contribution in [1.82, 2.24) is 9.21 Å². The number of benzene rings is 2. The van der Waals surface area contributed by atoms with Gasteiger partial charge in [0, 0.05) is 31.2 Å². The summed E-state index contributed by atoms with van der Waals surface area (Å²) in [6.45, 7) is 7.08. The number of fused-ring (bicyclic) bond motifs is 2. The summed E-state index contributed by atoms with van der Waals surface area (Å²) >= 11 is 6.15. The van der Waals surface area contributed by atoms with Gasteiger partial charge in [0.1, 0.15) is 16.7 Å². The lowest BCUT2D eigenvalue weighted by atomic mass is 10.0. The van der Waals surface area contributed by atoms with Crippen molar-refractivity contribution in [2.45, 2.75) is 50.3 Å². The molecule has 2 atom stereocenters. The van der Waals surface area contributed by atoms with E-state index in [1.807, 2.05) is 24.3 Å². The number of nitrogens with zero attached hydrogens (tertiary/aromatic N) is 2. The monoisotopic (exact) mass is 448 g/mol. The molecule has 0 amide bonds. The molecule has 2 aromatic rings. The number of halogens is 1. The minimum Gasteiger partial charge on any atom is -0.487 e. The predicted octanol–water partition coefficient (Wildman–Crippen LogP) is 4.41. The third-order valence-electron chi connectivity index (χ3n) is 5.82. The smallest absolute Gasteiger partial charge is 0.247 e. The third-order valence-corrected chi connectivity index (χ3v) is 7.99. The minimum absolute atomic E-state index is 0.161. The van der Waals surface area contributed by atoms with Gasteiger partial charge in [0.2, 0.25) is 10.0 Å². The van der Waals surface area contributed by atoms with Crippen LogP contribution in [0.4, 0.5) is 0 Å². The fourth-order valence-corrected chi connectivity index (χ4v) is 6.63. The maximum absolute atomic E-state index is 13.6. The maximum atomic E-state index is 13.6. The van der Waals surface area contributed by atoms with Crippen LogP contribution in [0.25, 0.3) is 0 Å². The van der Waals surface area contributed by atoms with Crippen LogP contribution in [-0.4, -0.2) is 49.4 Å². The quantitative estimate of drug-likeness (QED) is 0.695. The molecule has 0 N–H and O–H groups in total. The summed E-state index contributed by atoms with van der Waals surface area (Å²) in [5.74, 6) is 0.707. The molecule has 0 spiro atoms. The van der Waals surface area contributed by atoms with Gasteiger partial charge in [-0.05, 0) is 48.6 Å². The molecular weight excluding hydrogens is 420 g/mol. The molecule has 1 saturated heterocycles. The van der Waals surface area contributed by atoms with Crippen molar-refractivity contribution in [1.29, 1.82) is 0 Å². The first-order chi connectivity index (χ1) is 14.3. The number of rotatable bonds is 4. The number of hydrogen-bond donors (Lipinski definition) is 0. The molecule has 0 unspecified atom stereocenters. The molecule has 1 fully saturated rings. The molecule has 2 aliphatic heterocycles. The lowest BCUT2D eigenvalue weighted by Gasteiger charge is -2.32. The lowest BCUT2D eigenvalue weighted by molar-refractivity contribution is 0.108. The molecule has 0 aromatic heterocycles. The van der Waals surface area contributed by atoms with Crippen molar-refractivity contribution in [3.05, 3.63) is 59.1 Å². The third kappa shape index (κ3) is 4.52. The highest BCUT2D eigenvalue weighted by Crippen LogP contribution is 2.37. The second-order valence-corrected chi connectivity index (χ2v) is 10.9. The normalized spacial score (nSPS) is 24.4. The van der Waals surface area contributed by atoms with Crippen molar-refractivity contribution in [2.24, 2.45) is 5.92 Å². The summed E-state index contributed by atoms with van der Waals surface area (Å²) in [5, 5.41) is 0.738. The SMILES string of the molecule is CC(C)CN1[C@@H]2CCN(Cc3cccc(Cl)c3)CC[C@H]2Oc2ccccc2S1(=O)=O. The molecule has 30 heavy (non-hydrogen) atoms. The van der Waals surface area contributed by atoms with Crippen molar-refractivity contribution >= 4 is 21.6 Å². The molecule has 0 radical (unpaired) electrons. The fraction of sp³-hybridized carbons (Fsp3) is 0.478. The second-order valence-electron chi connectivity index (χ2n) is 8.62. The van der Waals surface area contributed by atoms with E-state index in [0.29, 0.717) is 12.3 Å². The topological polar surface area (TPSA) is 49.9 Å². The largest absolute Gasteiger partial charge is 0.487 e. The molecule has 0 bridgehead atoms. The highest BCUT2D eigenvalue weighted by atomic mass is 35.5. The van der Waals surface area contributed by atoms with E-state index in [4.69, 9.17) is 16.3 Å². The Morgan fingerprint density at radius 2 is 1.87 bits per heavy atom. The highest BCUT2D eigenvalue weighted by molar-refractivity contribution is 7.89. The van der Waals surface area contributed by atoms with Crippen LogP contribution in [-0.2, 0) is 16.6 Å². The Hall–Kier alpha value is -1.60. The van der Waals surface area contributed by atoms with E-state index in [1.165, 1.54) is 5.56 Å². The van der Waals surface area contributed by atoms with E-state index in [9.17, 15) is 8.42 Å². The van der Waals surface area contributed by atoms with Crippen LogP contribution in [0.1, 0.15) is 32.3 Å². The average Bonchev–Trinajstić information content (AvgIpc) is 2.92. The Bertz CT molecular complexity index is 995. The van der Waals surface area contributed by atoms with Crippen LogP contribution >= 0.6 is 11.6 Å². The van der Waals surface area contributed by atoms with Gasteiger partial charge in [0.25, 0.3) is 0 Å². The average molecular weight is 449 g/mol. The van der Waals surface area contributed by atoms with Crippen molar-refractivity contribution in [3.8, 4) is 5.75 Å². The zero-order valence-electron chi connectivity index (χ0n) is 17.5. The first kappa shape index (κ1) is 21.6. The van der Waals surface area contributed by atoms with Crippen LogP contribution in [0, 0.1) is 5.92 Å². The van der Waals surface area contributed by atoms with E-state index in [2.05, 4.69) is 24.8 Å². The van der Waals surface area contributed by atoms with E-state index in [1.54, 1.807) is 22.5 Å². The van der Waals surface area contributed by atoms with Crippen molar-refractivity contribution < 1.29 is 13.2 Å². The van der Waals surface area contributed by atoms with E-state index in [-0.39, 0.29) is 23.0 Å². The Labute approximate surface area is 184 Å². The van der Waals surface area contributed by atoms with Gasteiger partial charge in [0.05, 0.1) is 6.04 Å². The van der Waals surface area contributed by atoms with Crippen LogP contribution < -0.4 is 4.74 Å². The van der Waals surface area contributed by atoms with Crippen LogP contribution in [0.3, 0.4) is 0 Å². The number of ether oxygens (including phenoxy) is 1. The Morgan fingerprint density at radius 1 is 1.10 bits per heavy atom. The number of para-hydroxylation sites is 1. The molecule has 7 heteroatoms. The van der Waals surface area contributed by atoms with Gasteiger partial charge >= 0.3 is 0 Å². The Kier molecular flexibility index (Phi) is 6.39. The van der Waals surface area contributed by atoms with Gasteiger partial charge < -0.3 is 4.74 Å². The summed E-state index contributed by atoms with van der Waals surface area (Å²) in [6.07, 6.45) is 1.36. The summed E-state index contributed by atoms with van der Waals surface area (Å²) in [4.78, 5) is 2.66. The Morgan fingerprint density at radius 3 is 2.63 bits per heavy atom. The van der Waals surface area contributed by atoms with Crippen molar-refractivity contribution in [2.75, 3.05) is 19.6 Å². The molecule has 0 aliphatic carbocycles. The molecule has 2 aliphatic rings. The molecule has 2 aromatic carbocycles. The first-order valence-corrected chi connectivity index (χ1v) is 12.4. The maximum Gasteiger partial charge on any atom is 0.247 e. The van der Waals surface area contributed by atoms with Gasteiger partial charge in [-0.25, -0.2) is 8.42 Å².